The second kappa shape index (κ2) is 9.93. The molecule has 2 aromatic carbocycles. The molecule has 0 unspecified atom stereocenters. The second-order valence-corrected chi connectivity index (χ2v) is 11.6. The molecule has 4 amide bonds. The van der Waals surface area contributed by atoms with E-state index in [0.717, 1.165) is 37.7 Å². The molecule has 0 saturated heterocycles. The summed E-state index contributed by atoms with van der Waals surface area (Å²) in [6, 6.07) is 9.65. The Kier molecular flexibility index (Phi) is 7.08. The van der Waals surface area contributed by atoms with Crippen molar-refractivity contribution in [3.8, 4) is 5.75 Å². The normalized spacial score (nSPS) is 18.0. The zero-order chi connectivity index (χ0) is 26.1. The van der Waals surface area contributed by atoms with Crippen LogP contribution in [0.25, 0.3) is 0 Å². The van der Waals surface area contributed by atoms with Gasteiger partial charge in [0.25, 0.3) is 15.9 Å². The molecule has 1 saturated carbocycles. The highest BCUT2D eigenvalue weighted by Gasteiger charge is 2.44. The molecule has 192 valence electrons. The SMILES string of the molecule is CC1(C)C(=O)N(CCc2ccc(S(=O)(=O)NC(=O)NC3CCCCC3)cc2)C(=O)c2cc(O)ccc21. The van der Waals surface area contributed by atoms with Crippen molar-refractivity contribution in [1.82, 2.24) is 14.9 Å². The van der Waals surface area contributed by atoms with Crippen LogP contribution in [0.1, 0.15) is 67.4 Å². The van der Waals surface area contributed by atoms with E-state index in [4.69, 9.17) is 0 Å². The van der Waals surface area contributed by atoms with Gasteiger partial charge in [0.15, 0.2) is 0 Å². The Balaban J connectivity index is 1.40. The first-order valence-electron chi connectivity index (χ1n) is 12.1. The minimum atomic E-state index is -4.04. The average molecular weight is 514 g/mol. The third-order valence-corrected chi connectivity index (χ3v) is 8.30. The topological polar surface area (TPSA) is 133 Å². The van der Waals surface area contributed by atoms with E-state index in [1.807, 2.05) is 0 Å². The molecule has 36 heavy (non-hydrogen) atoms. The summed E-state index contributed by atoms with van der Waals surface area (Å²) in [6.07, 6.45) is 5.15. The van der Waals surface area contributed by atoms with Gasteiger partial charge in [-0.2, -0.15) is 0 Å². The number of carbonyl (C=O) groups excluding carboxylic acids is 3. The molecule has 0 aromatic heterocycles. The van der Waals surface area contributed by atoms with Gasteiger partial charge in [-0.15, -0.1) is 0 Å². The number of urea groups is 1. The lowest BCUT2D eigenvalue weighted by Crippen LogP contribution is -2.52. The highest BCUT2D eigenvalue weighted by atomic mass is 32.2. The van der Waals surface area contributed by atoms with E-state index in [1.54, 1.807) is 32.0 Å². The number of imide groups is 1. The number of carbonyl (C=O) groups is 3. The zero-order valence-corrected chi connectivity index (χ0v) is 21.2. The Morgan fingerprint density at radius 1 is 1.06 bits per heavy atom. The monoisotopic (exact) mass is 513 g/mol. The maximum Gasteiger partial charge on any atom is 0.328 e. The molecule has 4 rings (SSSR count). The third-order valence-electron chi connectivity index (χ3n) is 6.96. The summed E-state index contributed by atoms with van der Waals surface area (Å²) < 4.78 is 27.3. The summed E-state index contributed by atoms with van der Waals surface area (Å²) >= 11 is 0. The number of phenolic OH excluding ortho intramolecular Hbond substituents is 1. The van der Waals surface area contributed by atoms with Gasteiger partial charge in [-0.25, -0.2) is 17.9 Å². The Morgan fingerprint density at radius 2 is 1.72 bits per heavy atom. The van der Waals surface area contributed by atoms with Crippen LogP contribution in [0.5, 0.6) is 5.75 Å². The lowest BCUT2D eigenvalue weighted by atomic mass is 9.77. The summed E-state index contributed by atoms with van der Waals surface area (Å²) in [4.78, 5) is 39.4. The van der Waals surface area contributed by atoms with Crippen LogP contribution in [0.15, 0.2) is 47.4 Å². The van der Waals surface area contributed by atoms with E-state index < -0.39 is 27.4 Å². The number of phenols is 1. The molecule has 1 aliphatic carbocycles. The Labute approximate surface area is 210 Å². The van der Waals surface area contributed by atoms with Gasteiger partial charge < -0.3 is 10.4 Å². The molecular weight excluding hydrogens is 482 g/mol. The smallest absolute Gasteiger partial charge is 0.328 e. The minimum Gasteiger partial charge on any atom is -0.508 e. The van der Waals surface area contributed by atoms with Gasteiger partial charge in [0.1, 0.15) is 5.75 Å². The molecule has 1 fully saturated rings. The van der Waals surface area contributed by atoms with E-state index in [1.165, 1.54) is 29.2 Å². The highest BCUT2D eigenvalue weighted by molar-refractivity contribution is 7.90. The molecule has 2 aromatic rings. The number of amides is 4. The first-order valence-corrected chi connectivity index (χ1v) is 13.6. The van der Waals surface area contributed by atoms with Crippen molar-refractivity contribution in [1.29, 1.82) is 0 Å². The second-order valence-electron chi connectivity index (χ2n) is 9.92. The van der Waals surface area contributed by atoms with Gasteiger partial charge in [0.2, 0.25) is 5.91 Å². The van der Waals surface area contributed by atoms with E-state index in [2.05, 4.69) is 10.0 Å². The van der Waals surface area contributed by atoms with Crippen LogP contribution < -0.4 is 10.0 Å². The summed E-state index contributed by atoms with van der Waals surface area (Å²) in [7, 11) is -4.04. The van der Waals surface area contributed by atoms with Crippen molar-refractivity contribution in [3.05, 3.63) is 59.2 Å². The molecule has 1 heterocycles. The van der Waals surface area contributed by atoms with Crippen LogP contribution in [0.2, 0.25) is 0 Å². The lowest BCUT2D eigenvalue weighted by Gasteiger charge is -2.37. The Morgan fingerprint density at radius 3 is 2.39 bits per heavy atom. The molecule has 10 heteroatoms. The van der Waals surface area contributed by atoms with Crippen LogP contribution in [0.4, 0.5) is 4.79 Å². The minimum absolute atomic E-state index is 0.0163. The maximum atomic E-state index is 13.1. The van der Waals surface area contributed by atoms with Crippen molar-refractivity contribution in [2.24, 2.45) is 0 Å². The molecule has 3 N–H and O–H groups in total. The van der Waals surface area contributed by atoms with Gasteiger partial charge in [-0.3, -0.25) is 14.5 Å². The molecule has 0 radical (unpaired) electrons. The average Bonchev–Trinajstić information content (AvgIpc) is 2.83. The maximum absolute atomic E-state index is 13.1. The number of nitrogens with one attached hydrogen (secondary N) is 2. The van der Waals surface area contributed by atoms with Crippen molar-refractivity contribution >= 4 is 27.9 Å². The number of hydrogen-bond acceptors (Lipinski definition) is 6. The summed E-state index contributed by atoms with van der Waals surface area (Å²) in [5.41, 5.74) is 0.652. The summed E-state index contributed by atoms with van der Waals surface area (Å²) in [5.74, 6) is -0.860. The fourth-order valence-corrected chi connectivity index (χ4v) is 5.78. The van der Waals surface area contributed by atoms with E-state index in [-0.39, 0.29) is 29.1 Å². The van der Waals surface area contributed by atoms with Gasteiger partial charge in [-0.05, 0) is 68.5 Å². The van der Waals surface area contributed by atoms with Crippen molar-refractivity contribution in [2.45, 2.75) is 68.7 Å². The number of aromatic hydroxyl groups is 1. The summed E-state index contributed by atoms with van der Waals surface area (Å²) in [5, 5.41) is 12.6. The number of hydrogen-bond donors (Lipinski definition) is 3. The lowest BCUT2D eigenvalue weighted by molar-refractivity contribution is -0.134. The van der Waals surface area contributed by atoms with Gasteiger partial charge in [0.05, 0.1) is 10.3 Å². The molecule has 1 aliphatic heterocycles. The molecule has 2 aliphatic rings. The Hall–Kier alpha value is -3.40. The van der Waals surface area contributed by atoms with Gasteiger partial charge in [0, 0.05) is 18.2 Å². The molecular formula is C26H31N3O6S. The summed E-state index contributed by atoms with van der Waals surface area (Å²) in [6.45, 7) is 3.58. The number of rotatable bonds is 6. The number of fused-ring (bicyclic) bond motifs is 1. The molecule has 0 atom stereocenters. The number of nitrogens with zero attached hydrogens (tertiary/aromatic N) is 1. The molecule has 0 bridgehead atoms. The Bertz CT molecular complexity index is 1280. The first-order chi connectivity index (χ1) is 17.0. The van der Waals surface area contributed by atoms with Crippen LogP contribution in [0, 0.1) is 0 Å². The van der Waals surface area contributed by atoms with E-state index in [0.29, 0.717) is 17.5 Å². The third kappa shape index (κ3) is 5.23. The number of benzene rings is 2. The quantitative estimate of drug-likeness (QED) is 0.508. The zero-order valence-electron chi connectivity index (χ0n) is 20.4. The van der Waals surface area contributed by atoms with Crippen molar-refractivity contribution in [2.75, 3.05) is 6.54 Å². The van der Waals surface area contributed by atoms with Crippen molar-refractivity contribution in [3.63, 3.8) is 0 Å². The van der Waals surface area contributed by atoms with Crippen LogP contribution >= 0.6 is 0 Å². The molecule has 0 spiro atoms. The van der Waals surface area contributed by atoms with Gasteiger partial charge >= 0.3 is 6.03 Å². The predicted molar refractivity (Wildman–Crippen MR) is 133 cm³/mol. The largest absolute Gasteiger partial charge is 0.508 e. The van der Waals surface area contributed by atoms with Crippen LogP contribution in [0.3, 0.4) is 0 Å². The van der Waals surface area contributed by atoms with E-state index in [9.17, 15) is 27.9 Å². The fourth-order valence-electron chi connectivity index (χ4n) is 4.87. The highest BCUT2D eigenvalue weighted by Crippen LogP contribution is 2.36. The first kappa shape index (κ1) is 25.7. The fraction of sp³-hybridized carbons (Fsp3) is 0.423. The van der Waals surface area contributed by atoms with E-state index >= 15 is 0 Å². The van der Waals surface area contributed by atoms with Crippen LogP contribution in [-0.4, -0.2) is 48.9 Å². The predicted octanol–water partition coefficient (Wildman–Crippen LogP) is 3.22. The number of sulfonamides is 1. The standard InChI is InChI=1S/C26H31N3O6S/c1-26(2)22-13-10-19(30)16-21(22)23(31)29(24(26)32)15-14-17-8-11-20(12-9-17)36(34,35)28-25(33)27-18-6-4-3-5-7-18/h8-13,16,18,30H,3-7,14-15H2,1-2H3,(H2,27,28,33). The van der Waals surface area contributed by atoms with Crippen molar-refractivity contribution < 1.29 is 27.9 Å². The van der Waals surface area contributed by atoms with Gasteiger partial charge in [-0.1, -0.05) is 37.5 Å². The van der Waals surface area contributed by atoms with Crippen LogP contribution in [-0.2, 0) is 26.7 Å². The molecule has 9 nitrogen and oxygen atoms in total.